The quantitative estimate of drug-likeness (QED) is 0.156. The molecule has 1 saturated heterocycles. The standard InChI is InChI=1S/C33H32F4O/c1-2-5-21-8-10-22(11-9-21)6-3-4-7-23-12-14-24(15-13-23)25-16-17-26(31(35)30(25)34)27-18-19-28(29-20-38-29)33(37)32(27)36/h4,7-11,14,16-19,23,29H,2-3,5-6,12-13,15,20H2,1H3/b7-4+. The summed E-state index contributed by atoms with van der Waals surface area (Å²) in [6, 6.07) is 14.3. The van der Waals surface area contributed by atoms with Gasteiger partial charge in [-0.25, -0.2) is 17.6 Å². The third-order valence-corrected chi connectivity index (χ3v) is 7.53. The van der Waals surface area contributed by atoms with E-state index in [-0.39, 0.29) is 22.3 Å². The first-order valence-electron chi connectivity index (χ1n) is 13.5. The second-order valence-corrected chi connectivity index (χ2v) is 10.2. The van der Waals surface area contributed by atoms with E-state index in [2.05, 4.69) is 43.3 Å². The number of hydrogen-bond donors (Lipinski definition) is 0. The van der Waals surface area contributed by atoms with Crippen LogP contribution in [0.3, 0.4) is 0 Å². The molecule has 5 rings (SSSR count). The average Bonchev–Trinajstić information content (AvgIpc) is 3.77. The van der Waals surface area contributed by atoms with Gasteiger partial charge in [0.05, 0.1) is 6.61 Å². The average molecular weight is 521 g/mol. The Morgan fingerprint density at radius 1 is 0.789 bits per heavy atom. The van der Waals surface area contributed by atoms with Crippen LogP contribution in [0.4, 0.5) is 17.6 Å². The SMILES string of the molecule is CCCc1ccc(CC/C=C/C2CC=C(c3ccc(-c4ccc(C5CO5)c(F)c4F)c(F)c3F)CC2)cc1. The molecular formula is C33H32F4O. The lowest BCUT2D eigenvalue weighted by Crippen LogP contribution is -2.05. The fraction of sp³-hybridized carbons (Fsp3) is 0.333. The predicted octanol–water partition coefficient (Wildman–Crippen LogP) is 9.31. The molecule has 0 N–H and O–H groups in total. The summed E-state index contributed by atoms with van der Waals surface area (Å²) in [5.41, 5.74) is 3.15. The molecule has 1 nitrogen and oxygen atoms in total. The number of epoxide rings is 1. The number of aryl methyl sites for hydroxylation is 2. The van der Waals surface area contributed by atoms with Crippen molar-refractivity contribution >= 4 is 5.57 Å². The van der Waals surface area contributed by atoms with Gasteiger partial charge in [-0.3, -0.25) is 0 Å². The first-order valence-corrected chi connectivity index (χ1v) is 13.5. The molecule has 5 heteroatoms. The molecule has 1 aliphatic heterocycles. The second-order valence-electron chi connectivity index (χ2n) is 10.2. The third kappa shape index (κ3) is 5.78. The maximum absolute atomic E-state index is 15.1. The lowest BCUT2D eigenvalue weighted by atomic mass is 9.85. The van der Waals surface area contributed by atoms with Gasteiger partial charge >= 0.3 is 0 Å². The minimum atomic E-state index is -1.19. The fourth-order valence-corrected chi connectivity index (χ4v) is 5.23. The maximum Gasteiger partial charge on any atom is 0.167 e. The Kier molecular flexibility index (Phi) is 8.13. The number of halogens is 4. The summed E-state index contributed by atoms with van der Waals surface area (Å²) in [4.78, 5) is 0. The molecule has 1 fully saturated rings. The molecule has 38 heavy (non-hydrogen) atoms. The van der Waals surface area contributed by atoms with Crippen molar-refractivity contribution in [2.24, 2.45) is 5.92 Å². The lowest BCUT2D eigenvalue weighted by Gasteiger charge is -2.20. The van der Waals surface area contributed by atoms with E-state index < -0.39 is 29.4 Å². The Balaban J connectivity index is 1.21. The van der Waals surface area contributed by atoms with Crippen LogP contribution in [-0.4, -0.2) is 6.61 Å². The van der Waals surface area contributed by atoms with Gasteiger partial charge in [-0.2, -0.15) is 0 Å². The first kappa shape index (κ1) is 26.4. The van der Waals surface area contributed by atoms with Crippen LogP contribution in [0.15, 0.2) is 66.8 Å². The summed E-state index contributed by atoms with van der Waals surface area (Å²) < 4.78 is 64.3. The second kappa shape index (κ2) is 11.7. The molecule has 0 aromatic heterocycles. The Morgan fingerprint density at radius 3 is 2.03 bits per heavy atom. The zero-order chi connectivity index (χ0) is 26.6. The Hall–Kier alpha value is -3.18. The molecule has 3 aromatic rings. The number of ether oxygens (including phenoxy) is 1. The fourth-order valence-electron chi connectivity index (χ4n) is 5.23. The van der Waals surface area contributed by atoms with Gasteiger partial charge in [-0.1, -0.05) is 80.1 Å². The molecular weight excluding hydrogens is 488 g/mol. The van der Waals surface area contributed by atoms with Gasteiger partial charge in [-0.05, 0) is 61.1 Å². The van der Waals surface area contributed by atoms with Crippen molar-refractivity contribution in [3.8, 4) is 11.1 Å². The first-order chi connectivity index (χ1) is 18.5. The van der Waals surface area contributed by atoms with E-state index in [0.717, 1.165) is 44.1 Å². The minimum absolute atomic E-state index is 0.0979. The van der Waals surface area contributed by atoms with Crippen LogP contribution in [0.5, 0.6) is 0 Å². The highest BCUT2D eigenvalue weighted by molar-refractivity contribution is 5.72. The molecule has 2 unspecified atom stereocenters. The topological polar surface area (TPSA) is 12.5 Å². The molecule has 0 radical (unpaired) electrons. The van der Waals surface area contributed by atoms with Gasteiger partial charge in [0.1, 0.15) is 6.10 Å². The number of benzene rings is 3. The van der Waals surface area contributed by atoms with Crippen molar-refractivity contribution in [2.75, 3.05) is 6.61 Å². The lowest BCUT2D eigenvalue weighted by molar-refractivity contribution is 0.401. The number of hydrogen-bond acceptors (Lipinski definition) is 1. The van der Waals surface area contributed by atoms with Crippen LogP contribution in [0.25, 0.3) is 16.7 Å². The summed E-state index contributed by atoms with van der Waals surface area (Å²) in [5, 5.41) is 0. The zero-order valence-corrected chi connectivity index (χ0v) is 21.6. The summed E-state index contributed by atoms with van der Waals surface area (Å²) in [6.07, 6.45) is 12.4. The van der Waals surface area contributed by atoms with Crippen LogP contribution < -0.4 is 0 Å². The van der Waals surface area contributed by atoms with Gasteiger partial charge < -0.3 is 4.74 Å². The number of allylic oxidation sites excluding steroid dienone is 4. The van der Waals surface area contributed by atoms with E-state index in [9.17, 15) is 8.78 Å². The largest absolute Gasteiger partial charge is 0.368 e. The Bertz CT molecular complexity index is 1350. The smallest absolute Gasteiger partial charge is 0.167 e. The van der Waals surface area contributed by atoms with E-state index in [1.165, 1.54) is 35.4 Å². The summed E-state index contributed by atoms with van der Waals surface area (Å²) in [5.74, 6) is -4.09. The molecule has 1 heterocycles. The van der Waals surface area contributed by atoms with Crippen molar-refractivity contribution in [1.82, 2.24) is 0 Å². The molecule has 0 bridgehead atoms. The molecule has 0 amide bonds. The van der Waals surface area contributed by atoms with Crippen molar-refractivity contribution in [2.45, 2.75) is 58.0 Å². The van der Waals surface area contributed by atoms with Gasteiger partial charge in [0, 0.05) is 22.3 Å². The highest BCUT2D eigenvalue weighted by atomic mass is 19.2. The highest BCUT2D eigenvalue weighted by Crippen LogP contribution is 2.39. The van der Waals surface area contributed by atoms with Crippen LogP contribution in [0.1, 0.15) is 67.4 Å². The van der Waals surface area contributed by atoms with Crippen LogP contribution in [0.2, 0.25) is 0 Å². The molecule has 2 atom stereocenters. The van der Waals surface area contributed by atoms with E-state index in [1.54, 1.807) is 0 Å². The van der Waals surface area contributed by atoms with Crippen LogP contribution in [-0.2, 0) is 17.6 Å². The van der Waals surface area contributed by atoms with Crippen molar-refractivity contribution in [3.63, 3.8) is 0 Å². The van der Waals surface area contributed by atoms with Crippen molar-refractivity contribution in [3.05, 3.63) is 112 Å². The molecule has 0 saturated carbocycles. The van der Waals surface area contributed by atoms with Crippen LogP contribution in [0, 0.1) is 29.2 Å². The minimum Gasteiger partial charge on any atom is -0.368 e. The van der Waals surface area contributed by atoms with E-state index in [1.807, 2.05) is 6.08 Å². The number of rotatable bonds is 9. The molecule has 3 aromatic carbocycles. The third-order valence-electron chi connectivity index (χ3n) is 7.53. The summed E-state index contributed by atoms with van der Waals surface area (Å²) in [7, 11) is 0. The maximum atomic E-state index is 15.1. The van der Waals surface area contributed by atoms with Gasteiger partial charge in [0.2, 0.25) is 0 Å². The zero-order valence-electron chi connectivity index (χ0n) is 21.6. The van der Waals surface area contributed by atoms with Crippen molar-refractivity contribution in [1.29, 1.82) is 0 Å². The summed E-state index contributed by atoms with van der Waals surface area (Å²) >= 11 is 0. The predicted molar refractivity (Wildman–Crippen MR) is 144 cm³/mol. The van der Waals surface area contributed by atoms with Gasteiger partial charge in [0.15, 0.2) is 23.3 Å². The monoisotopic (exact) mass is 520 g/mol. The molecule has 0 spiro atoms. The Morgan fingerprint density at radius 2 is 1.39 bits per heavy atom. The molecule has 198 valence electrons. The Labute approximate surface area is 221 Å². The van der Waals surface area contributed by atoms with Gasteiger partial charge in [0.25, 0.3) is 0 Å². The molecule has 2 aliphatic rings. The van der Waals surface area contributed by atoms with E-state index >= 15 is 8.78 Å². The summed E-state index contributed by atoms with van der Waals surface area (Å²) in [6.45, 7) is 2.51. The van der Waals surface area contributed by atoms with Crippen molar-refractivity contribution < 1.29 is 22.3 Å². The molecule has 1 aliphatic carbocycles. The van der Waals surface area contributed by atoms with Crippen LogP contribution >= 0.6 is 0 Å². The highest BCUT2D eigenvalue weighted by Gasteiger charge is 2.31. The van der Waals surface area contributed by atoms with E-state index in [0.29, 0.717) is 18.9 Å². The normalized spacial score (nSPS) is 19.1. The van der Waals surface area contributed by atoms with E-state index in [4.69, 9.17) is 4.74 Å². The van der Waals surface area contributed by atoms with Gasteiger partial charge in [-0.15, -0.1) is 0 Å².